The van der Waals surface area contributed by atoms with Gasteiger partial charge < -0.3 is 5.32 Å². The molecule has 2 nitrogen and oxygen atoms in total. The largest absolute Gasteiger partial charge is 0.310 e. The third-order valence-corrected chi connectivity index (χ3v) is 3.65. The predicted octanol–water partition coefficient (Wildman–Crippen LogP) is 4.47. The van der Waals surface area contributed by atoms with Crippen molar-refractivity contribution in [2.24, 2.45) is 0 Å². The van der Waals surface area contributed by atoms with Crippen molar-refractivity contribution in [3.05, 3.63) is 64.2 Å². The van der Waals surface area contributed by atoms with Crippen LogP contribution in [0.2, 0.25) is 5.02 Å². The molecule has 21 heavy (non-hydrogen) atoms. The van der Waals surface area contributed by atoms with Gasteiger partial charge in [-0.3, -0.25) is 4.98 Å². The molecule has 4 heteroatoms. The summed E-state index contributed by atoms with van der Waals surface area (Å²) in [5.74, 6) is -0.379. The number of aromatic nitrogens is 1. The zero-order chi connectivity index (χ0) is 15.2. The number of benzene rings is 1. The van der Waals surface area contributed by atoms with Crippen molar-refractivity contribution in [2.75, 3.05) is 6.54 Å². The molecule has 2 rings (SSSR count). The van der Waals surface area contributed by atoms with E-state index in [-0.39, 0.29) is 16.9 Å². The lowest BCUT2D eigenvalue weighted by Gasteiger charge is -2.19. The smallest absolute Gasteiger partial charge is 0.141 e. The van der Waals surface area contributed by atoms with Crippen LogP contribution in [0.5, 0.6) is 0 Å². The Morgan fingerprint density at radius 1 is 1.29 bits per heavy atom. The Balaban J connectivity index is 2.21. The van der Waals surface area contributed by atoms with Gasteiger partial charge in [-0.25, -0.2) is 4.39 Å². The van der Waals surface area contributed by atoms with Gasteiger partial charge in [0.1, 0.15) is 5.82 Å². The van der Waals surface area contributed by atoms with Crippen molar-refractivity contribution in [1.29, 1.82) is 0 Å². The maximum atomic E-state index is 13.3. The molecule has 0 aliphatic rings. The zero-order valence-corrected chi connectivity index (χ0v) is 13.1. The SMILES string of the molecule is CCCNC(Cc1ccc(F)c(Cl)c1)c1cncc(C)c1. The van der Waals surface area contributed by atoms with E-state index in [9.17, 15) is 4.39 Å². The molecule has 0 saturated carbocycles. The summed E-state index contributed by atoms with van der Waals surface area (Å²) in [5, 5.41) is 3.69. The van der Waals surface area contributed by atoms with Gasteiger partial charge in [0.05, 0.1) is 5.02 Å². The second-order valence-corrected chi connectivity index (χ2v) is 5.66. The van der Waals surface area contributed by atoms with Crippen LogP contribution in [0, 0.1) is 12.7 Å². The van der Waals surface area contributed by atoms with Crippen LogP contribution in [0.25, 0.3) is 0 Å². The first-order chi connectivity index (χ1) is 10.1. The van der Waals surface area contributed by atoms with Crippen LogP contribution < -0.4 is 5.32 Å². The molecule has 1 unspecified atom stereocenters. The van der Waals surface area contributed by atoms with E-state index in [1.165, 1.54) is 6.07 Å². The van der Waals surface area contributed by atoms with Gasteiger partial charge in [-0.05, 0) is 55.1 Å². The molecule has 1 atom stereocenters. The number of halogens is 2. The molecule has 0 radical (unpaired) electrons. The fourth-order valence-electron chi connectivity index (χ4n) is 2.30. The van der Waals surface area contributed by atoms with Gasteiger partial charge in [-0.2, -0.15) is 0 Å². The fourth-order valence-corrected chi connectivity index (χ4v) is 2.50. The third kappa shape index (κ3) is 4.51. The highest BCUT2D eigenvalue weighted by Gasteiger charge is 2.13. The summed E-state index contributed by atoms with van der Waals surface area (Å²) < 4.78 is 13.3. The minimum atomic E-state index is -0.379. The Morgan fingerprint density at radius 3 is 2.76 bits per heavy atom. The van der Waals surface area contributed by atoms with Crippen LogP contribution in [0.3, 0.4) is 0 Å². The number of nitrogens with one attached hydrogen (secondary N) is 1. The Kier molecular flexibility index (Phi) is 5.71. The number of nitrogens with zero attached hydrogens (tertiary/aromatic N) is 1. The van der Waals surface area contributed by atoms with Gasteiger partial charge >= 0.3 is 0 Å². The van der Waals surface area contributed by atoms with Crippen LogP contribution in [-0.4, -0.2) is 11.5 Å². The van der Waals surface area contributed by atoms with Crippen LogP contribution in [0.1, 0.15) is 36.1 Å². The maximum absolute atomic E-state index is 13.3. The first-order valence-corrected chi connectivity index (χ1v) is 7.56. The molecule has 0 spiro atoms. The molecule has 1 heterocycles. The minimum Gasteiger partial charge on any atom is -0.310 e. The van der Waals surface area contributed by atoms with E-state index in [1.54, 1.807) is 12.1 Å². The minimum absolute atomic E-state index is 0.152. The molecule has 0 saturated heterocycles. The number of rotatable bonds is 6. The van der Waals surface area contributed by atoms with E-state index in [0.717, 1.165) is 36.1 Å². The third-order valence-electron chi connectivity index (χ3n) is 3.36. The highest BCUT2D eigenvalue weighted by molar-refractivity contribution is 6.30. The maximum Gasteiger partial charge on any atom is 0.141 e. The van der Waals surface area contributed by atoms with E-state index in [2.05, 4.69) is 23.3 Å². The monoisotopic (exact) mass is 306 g/mol. The second-order valence-electron chi connectivity index (χ2n) is 5.25. The molecular formula is C17H20ClFN2. The Bertz CT molecular complexity index is 601. The van der Waals surface area contributed by atoms with Gasteiger partial charge in [-0.15, -0.1) is 0 Å². The van der Waals surface area contributed by atoms with Crippen LogP contribution in [0.4, 0.5) is 4.39 Å². The number of hydrogen-bond acceptors (Lipinski definition) is 2. The zero-order valence-electron chi connectivity index (χ0n) is 12.4. The molecule has 2 aromatic rings. The normalized spacial score (nSPS) is 12.4. The Hall–Kier alpha value is -1.45. The second kappa shape index (κ2) is 7.53. The van der Waals surface area contributed by atoms with Gasteiger partial charge in [0.25, 0.3) is 0 Å². The van der Waals surface area contributed by atoms with Crippen molar-refractivity contribution < 1.29 is 4.39 Å². The molecule has 1 N–H and O–H groups in total. The summed E-state index contributed by atoms with van der Waals surface area (Å²) in [7, 11) is 0. The van der Waals surface area contributed by atoms with E-state index in [4.69, 9.17) is 11.6 Å². The van der Waals surface area contributed by atoms with Crippen LogP contribution >= 0.6 is 11.6 Å². The number of pyridine rings is 1. The van der Waals surface area contributed by atoms with E-state index >= 15 is 0 Å². The molecule has 0 fully saturated rings. The summed E-state index contributed by atoms with van der Waals surface area (Å²) in [6.07, 6.45) is 5.53. The van der Waals surface area contributed by atoms with Crippen LogP contribution in [-0.2, 0) is 6.42 Å². The summed E-state index contributed by atoms with van der Waals surface area (Å²) in [5.41, 5.74) is 3.29. The average Bonchev–Trinajstić information content (AvgIpc) is 2.47. The molecule has 112 valence electrons. The van der Waals surface area contributed by atoms with E-state index in [0.29, 0.717) is 0 Å². The lowest BCUT2D eigenvalue weighted by atomic mass is 9.99. The van der Waals surface area contributed by atoms with Gasteiger partial charge in [-0.1, -0.05) is 30.7 Å². The molecular weight excluding hydrogens is 287 g/mol. The first kappa shape index (κ1) is 15.9. The van der Waals surface area contributed by atoms with Crippen molar-refractivity contribution in [1.82, 2.24) is 10.3 Å². The molecule has 0 aliphatic carbocycles. The Morgan fingerprint density at radius 2 is 2.10 bits per heavy atom. The van der Waals surface area contributed by atoms with E-state index in [1.807, 2.05) is 19.3 Å². The molecule has 1 aromatic heterocycles. The quantitative estimate of drug-likeness (QED) is 0.852. The summed E-state index contributed by atoms with van der Waals surface area (Å²) in [4.78, 5) is 4.26. The average molecular weight is 307 g/mol. The van der Waals surface area contributed by atoms with Gasteiger partial charge in [0.15, 0.2) is 0 Å². The molecule has 0 amide bonds. The summed E-state index contributed by atoms with van der Waals surface area (Å²) in [6.45, 7) is 5.09. The van der Waals surface area contributed by atoms with Gasteiger partial charge in [0, 0.05) is 18.4 Å². The molecule has 0 bridgehead atoms. The van der Waals surface area contributed by atoms with Crippen molar-refractivity contribution >= 4 is 11.6 Å². The van der Waals surface area contributed by atoms with Crippen molar-refractivity contribution in [2.45, 2.75) is 32.7 Å². The molecule has 1 aromatic carbocycles. The predicted molar refractivity (Wildman–Crippen MR) is 85.1 cm³/mol. The lowest BCUT2D eigenvalue weighted by Crippen LogP contribution is -2.24. The highest BCUT2D eigenvalue weighted by Crippen LogP contribution is 2.22. The van der Waals surface area contributed by atoms with E-state index < -0.39 is 0 Å². The van der Waals surface area contributed by atoms with Gasteiger partial charge in [0.2, 0.25) is 0 Å². The standard InChI is InChI=1S/C17H20ClFN2/c1-3-6-21-17(14-7-12(2)10-20-11-14)9-13-4-5-16(19)15(18)8-13/h4-5,7-8,10-11,17,21H,3,6,9H2,1-2H3. The number of aryl methyl sites for hydroxylation is 1. The van der Waals surface area contributed by atoms with Crippen molar-refractivity contribution in [3.8, 4) is 0 Å². The fraction of sp³-hybridized carbons (Fsp3) is 0.353. The lowest BCUT2D eigenvalue weighted by molar-refractivity contribution is 0.527. The highest BCUT2D eigenvalue weighted by atomic mass is 35.5. The van der Waals surface area contributed by atoms with Crippen LogP contribution in [0.15, 0.2) is 36.7 Å². The topological polar surface area (TPSA) is 24.9 Å². The first-order valence-electron chi connectivity index (χ1n) is 7.19. The Labute approximate surface area is 130 Å². The number of hydrogen-bond donors (Lipinski definition) is 1. The summed E-state index contributed by atoms with van der Waals surface area (Å²) >= 11 is 5.87. The van der Waals surface area contributed by atoms with Crippen molar-refractivity contribution in [3.63, 3.8) is 0 Å². The summed E-state index contributed by atoms with van der Waals surface area (Å²) in [6, 6.07) is 7.18. The molecule has 0 aliphatic heterocycles.